The van der Waals surface area contributed by atoms with Crippen LogP contribution in [0.1, 0.15) is 15.9 Å². The molecule has 0 aliphatic heterocycles. The van der Waals surface area contributed by atoms with Crippen molar-refractivity contribution in [3.8, 4) is 0 Å². The molecule has 0 spiro atoms. The van der Waals surface area contributed by atoms with Gasteiger partial charge in [0.1, 0.15) is 0 Å². The number of nitrogens with one attached hydrogen (secondary N) is 2. The fourth-order valence-electron chi connectivity index (χ4n) is 2.47. The van der Waals surface area contributed by atoms with Gasteiger partial charge in [-0.25, -0.2) is 0 Å². The van der Waals surface area contributed by atoms with E-state index in [9.17, 15) is 9.59 Å². The van der Waals surface area contributed by atoms with Gasteiger partial charge in [0.2, 0.25) is 5.91 Å². The van der Waals surface area contributed by atoms with Crippen LogP contribution in [0.25, 0.3) is 0 Å². The summed E-state index contributed by atoms with van der Waals surface area (Å²) in [6, 6.07) is 23.8. The number of halogens is 1. The van der Waals surface area contributed by atoms with Crippen LogP contribution in [0.15, 0.2) is 83.3 Å². The molecule has 130 valence electrons. The van der Waals surface area contributed by atoms with Gasteiger partial charge < -0.3 is 10.6 Å². The zero-order valence-corrected chi connectivity index (χ0v) is 15.5. The lowest BCUT2D eigenvalue weighted by Gasteiger charge is -2.09. The Bertz CT molecular complexity index is 909. The van der Waals surface area contributed by atoms with Gasteiger partial charge in [0.15, 0.2) is 0 Å². The maximum atomic E-state index is 12.3. The van der Waals surface area contributed by atoms with E-state index in [2.05, 4.69) is 26.6 Å². The van der Waals surface area contributed by atoms with E-state index in [4.69, 9.17) is 0 Å². The summed E-state index contributed by atoms with van der Waals surface area (Å²) in [6.07, 6.45) is 0.302. The normalized spacial score (nSPS) is 10.2. The average molecular weight is 409 g/mol. The number of benzene rings is 3. The Hall–Kier alpha value is -2.92. The van der Waals surface area contributed by atoms with Gasteiger partial charge in [0.05, 0.1) is 6.42 Å². The van der Waals surface area contributed by atoms with Gasteiger partial charge in [-0.15, -0.1) is 0 Å². The fourth-order valence-corrected chi connectivity index (χ4v) is 2.73. The first-order chi connectivity index (χ1) is 12.6. The molecule has 26 heavy (non-hydrogen) atoms. The third-order valence-electron chi connectivity index (χ3n) is 3.72. The quantitative estimate of drug-likeness (QED) is 0.631. The molecule has 2 amide bonds. The minimum atomic E-state index is -0.203. The maximum Gasteiger partial charge on any atom is 0.255 e. The standard InChI is InChI=1S/C21H17BrN2O2/c22-17-11-9-16(10-12-17)21(26)24-19-8-4-7-18(14-19)23-20(25)13-15-5-2-1-3-6-15/h1-12,14H,13H2,(H,23,25)(H,24,26). The predicted octanol–water partition coefficient (Wildman–Crippen LogP) is 4.88. The molecule has 5 heteroatoms. The van der Waals surface area contributed by atoms with E-state index in [1.807, 2.05) is 42.5 Å². The summed E-state index contributed by atoms with van der Waals surface area (Å²) < 4.78 is 0.914. The largest absolute Gasteiger partial charge is 0.326 e. The Balaban J connectivity index is 1.63. The van der Waals surface area contributed by atoms with Gasteiger partial charge in [0.25, 0.3) is 5.91 Å². The first-order valence-corrected chi connectivity index (χ1v) is 8.90. The van der Waals surface area contributed by atoms with Crippen LogP contribution in [-0.4, -0.2) is 11.8 Å². The highest BCUT2D eigenvalue weighted by atomic mass is 79.9. The predicted molar refractivity (Wildman–Crippen MR) is 107 cm³/mol. The van der Waals surface area contributed by atoms with Crippen molar-refractivity contribution in [2.24, 2.45) is 0 Å². The molecule has 4 nitrogen and oxygen atoms in total. The van der Waals surface area contributed by atoms with Crippen LogP contribution >= 0.6 is 15.9 Å². The second kappa shape index (κ2) is 8.45. The highest BCUT2D eigenvalue weighted by molar-refractivity contribution is 9.10. The number of carbonyl (C=O) groups excluding carboxylic acids is 2. The van der Waals surface area contributed by atoms with Crippen molar-refractivity contribution < 1.29 is 9.59 Å². The summed E-state index contributed by atoms with van der Waals surface area (Å²) in [5, 5.41) is 5.69. The molecule has 2 N–H and O–H groups in total. The monoisotopic (exact) mass is 408 g/mol. The Morgan fingerprint density at radius 2 is 1.42 bits per heavy atom. The maximum absolute atomic E-state index is 12.3. The Labute approximate surface area is 160 Å². The Morgan fingerprint density at radius 1 is 0.769 bits per heavy atom. The number of carbonyl (C=O) groups is 2. The van der Waals surface area contributed by atoms with E-state index in [1.165, 1.54) is 0 Å². The zero-order valence-electron chi connectivity index (χ0n) is 13.9. The van der Waals surface area contributed by atoms with E-state index in [1.54, 1.807) is 36.4 Å². The van der Waals surface area contributed by atoms with Crippen LogP contribution in [-0.2, 0) is 11.2 Å². The van der Waals surface area contributed by atoms with Crippen LogP contribution in [0.4, 0.5) is 11.4 Å². The molecule has 0 aliphatic rings. The van der Waals surface area contributed by atoms with Crippen LogP contribution in [0, 0.1) is 0 Å². The van der Waals surface area contributed by atoms with E-state index in [-0.39, 0.29) is 11.8 Å². The van der Waals surface area contributed by atoms with Crippen molar-refractivity contribution >= 4 is 39.1 Å². The summed E-state index contributed by atoms with van der Waals surface area (Å²) in [7, 11) is 0. The molecule has 0 heterocycles. The van der Waals surface area contributed by atoms with Crippen molar-refractivity contribution in [1.29, 1.82) is 0 Å². The second-order valence-electron chi connectivity index (χ2n) is 5.75. The van der Waals surface area contributed by atoms with Crippen LogP contribution in [0.3, 0.4) is 0 Å². The highest BCUT2D eigenvalue weighted by Crippen LogP contribution is 2.17. The molecule has 0 unspecified atom stereocenters. The van der Waals surface area contributed by atoms with Crippen molar-refractivity contribution in [1.82, 2.24) is 0 Å². The Morgan fingerprint density at radius 3 is 2.12 bits per heavy atom. The molecule has 0 fully saturated rings. The van der Waals surface area contributed by atoms with Gasteiger partial charge in [-0.1, -0.05) is 52.3 Å². The first-order valence-electron chi connectivity index (χ1n) is 8.11. The number of rotatable bonds is 5. The Kier molecular flexibility index (Phi) is 5.81. The van der Waals surface area contributed by atoms with E-state index < -0.39 is 0 Å². The lowest BCUT2D eigenvalue weighted by Crippen LogP contribution is -2.15. The number of anilines is 2. The molecular weight excluding hydrogens is 392 g/mol. The average Bonchev–Trinajstić information content (AvgIpc) is 2.63. The summed E-state index contributed by atoms with van der Waals surface area (Å²) in [6.45, 7) is 0. The van der Waals surface area contributed by atoms with Crippen molar-refractivity contribution in [2.45, 2.75) is 6.42 Å². The van der Waals surface area contributed by atoms with Gasteiger partial charge in [-0.3, -0.25) is 9.59 Å². The fraction of sp³-hybridized carbons (Fsp3) is 0.0476. The van der Waals surface area contributed by atoms with Gasteiger partial charge >= 0.3 is 0 Å². The molecule has 0 saturated carbocycles. The minimum absolute atomic E-state index is 0.104. The van der Waals surface area contributed by atoms with E-state index in [0.29, 0.717) is 23.4 Å². The molecule has 0 radical (unpaired) electrons. The van der Waals surface area contributed by atoms with E-state index in [0.717, 1.165) is 10.0 Å². The number of hydrogen-bond acceptors (Lipinski definition) is 2. The zero-order chi connectivity index (χ0) is 18.4. The smallest absolute Gasteiger partial charge is 0.255 e. The topological polar surface area (TPSA) is 58.2 Å². The molecule has 0 atom stereocenters. The third kappa shape index (κ3) is 5.04. The molecular formula is C21H17BrN2O2. The third-order valence-corrected chi connectivity index (χ3v) is 4.25. The molecule has 0 saturated heterocycles. The summed E-state index contributed by atoms with van der Waals surface area (Å²) in [5.74, 6) is -0.308. The first kappa shape index (κ1) is 17.9. The summed E-state index contributed by atoms with van der Waals surface area (Å²) in [4.78, 5) is 24.5. The summed E-state index contributed by atoms with van der Waals surface area (Å²) in [5.41, 5.74) is 2.77. The van der Waals surface area contributed by atoms with Crippen LogP contribution in [0.2, 0.25) is 0 Å². The van der Waals surface area contributed by atoms with Gasteiger partial charge in [-0.05, 0) is 48.0 Å². The SMILES string of the molecule is O=C(Cc1ccccc1)Nc1cccc(NC(=O)c2ccc(Br)cc2)c1. The molecule has 0 aromatic heterocycles. The van der Waals surface area contributed by atoms with Crippen molar-refractivity contribution in [3.63, 3.8) is 0 Å². The lowest BCUT2D eigenvalue weighted by atomic mass is 10.1. The van der Waals surface area contributed by atoms with Gasteiger partial charge in [0, 0.05) is 21.4 Å². The van der Waals surface area contributed by atoms with Crippen molar-refractivity contribution in [3.05, 3.63) is 94.5 Å². The second-order valence-corrected chi connectivity index (χ2v) is 6.67. The number of amides is 2. The van der Waals surface area contributed by atoms with Gasteiger partial charge in [-0.2, -0.15) is 0 Å². The lowest BCUT2D eigenvalue weighted by molar-refractivity contribution is -0.115. The minimum Gasteiger partial charge on any atom is -0.326 e. The molecule has 3 aromatic carbocycles. The van der Waals surface area contributed by atoms with Crippen LogP contribution in [0.5, 0.6) is 0 Å². The molecule has 0 bridgehead atoms. The van der Waals surface area contributed by atoms with Crippen LogP contribution < -0.4 is 10.6 Å². The summed E-state index contributed by atoms with van der Waals surface area (Å²) >= 11 is 3.35. The highest BCUT2D eigenvalue weighted by Gasteiger charge is 2.08. The molecule has 3 aromatic rings. The van der Waals surface area contributed by atoms with E-state index >= 15 is 0 Å². The number of hydrogen-bond donors (Lipinski definition) is 2. The molecule has 0 aliphatic carbocycles. The molecule has 3 rings (SSSR count). The van der Waals surface area contributed by atoms with Crippen molar-refractivity contribution in [2.75, 3.05) is 10.6 Å².